The molecule has 0 radical (unpaired) electrons. The number of nitrogens with one attached hydrogen (secondary N) is 1. The minimum absolute atomic E-state index is 0.0821. The van der Waals surface area contributed by atoms with Crippen LogP contribution in [-0.2, 0) is 4.79 Å². The molecule has 1 aliphatic heterocycles. The van der Waals surface area contributed by atoms with Crippen molar-refractivity contribution in [3.05, 3.63) is 32.7 Å². The smallest absolute Gasteiger partial charge is 0.321 e. The third kappa shape index (κ3) is 1.67. The van der Waals surface area contributed by atoms with E-state index in [0.29, 0.717) is 18.7 Å². The van der Waals surface area contributed by atoms with Crippen molar-refractivity contribution in [3.8, 4) is 0 Å². The van der Waals surface area contributed by atoms with Crippen molar-refractivity contribution in [2.75, 3.05) is 11.4 Å². The molecule has 0 bridgehead atoms. The number of aromatic amines is 1. The quantitative estimate of drug-likeness (QED) is 0.580. The van der Waals surface area contributed by atoms with E-state index in [-0.39, 0.29) is 5.91 Å². The number of anilines is 1. The largest absolute Gasteiger partial charge is 0.335 e. The Morgan fingerprint density at radius 1 is 1.44 bits per heavy atom. The van der Waals surface area contributed by atoms with Gasteiger partial charge in [0.05, 0.1) is 10.6 Å². The Morgan fingerprint density at radius 2 is 2.19 bits per heavy atom. The van der Waals surface area contributed by atoms with Crippen LogP contribution in [0.3, 0.4) is 0 Å². The van der Waals surface area contributed by atoms with E-state index >= 15 is 0 Å². The predicted molar refractivity (Wildman–Crippen MR) is 55.3 cm³/mol. The first-order valence-electron chi connectivity index (χ1n) is 4.77. The van der Waals surface area contributed by atoms with Crippen molar-refractivity contribution in [2.45, 2.75) is 12.8 Å². The molecule has 7 heteroatoms. The van der Waals surface area contributed by atoms with Crippen LogP contribution < -0.4 is 10.5 Å². The standard InChI is InChI=1S/C9H9N3O4/c13-8-2-1-3-11(8)6-4-7(12(15)16)9(14)10-5-6/h4-5H,1-3H2,(H,10,14). The molecule has 1 amide bonds. The van der Waals surface area contributed by atoms with Crippen LogP contribution >= 0.6 is 0 Å². The van der Waals surface area contributed by atoms with Gasteiger partial charge in [-0.05, 0) is 6.42 Å². The van der Waals surface area contributed by atoms with Gasteiger partial charge in [0.25, 0.3) is 0 Å². The molecule has 0 unspecified atom stereocenters. The molecule has 1 fully saturated rings. The van der Waals surface area contributed by atoms with Gasteiger partial charge in [-0.15, -0.1) is 0 Å². The molecule has 0 saturated carbocycles. The van der Waals surface area contributed by atoms with Gasteiger partial charge in [-0.25, -0.2) is 0 Å². The number of carbonyl (C=O) groups is 1. The second-order valence-electron chi connectivity index (χ2n) is 3.48. The molecule has 1 aromatic rings. The summed E-state index contributed by atoms with van der Waals surface area (Å²) in [5, 5.41) is 10.6. The summed E-state index contributed by atoms with van der Waals surface area (Å²) < 4.78 is 0. The minimum atomic E-state index is -0.764. The van der Waals surface area contributed by atoms with Gasteiger partial charge < -0.3 is 9.88 Å². The molecule has 84 valence electrons. The number of aromatic nitrogens is 1. The van der Waals surface area contributed by atoms with Gasteiger partial charge in [0, 0.05) is 25.2 Å². The van der Waals surface area contributed by atoms with Crippen molar-refractivity contribution in [1.82, 2.24) is 4.98 Å². The first-order chi connectivity index (χ1) is 7.59. The lowest BCUT2D eigenvalue weighted by Crippen LogP contribution is -2.25. The highest BCUT2D eigenvalue weighted by atomic mass is 16.6. The highest BCUT2D eigenvalue weighted by Crippen LogP contribution is 2.21. The second kappa shape index (κ2) is 3.76. The Hall–Kier alpha value is -2.18. The van der Waals surface area contributed by atoms with Crippen molar-refractivity contribution in [3.63, 3.8) is 0 Å². The number of H-pyrrole nitrogens is 1. The van der Waals surface area contributed by atoms with E-state index in [1.54, 1.807) is 0 Å². The van der Waals surface area contributed by atoms with Gasteiger partial charge in [0.15, 0.2) is 0 Å². The summed E-state index contributed by atoms with van der Waals surface area (Å²) in [6.07, 6.45) is 2.48. The number of hydrogen-bond acceptors (Lipinski definition) is 4. The summed E-state index contributed by atoms with van der Waals surface area (Å²) in [7, 11) is 0. The van der Waals surface area contributed by atoms with Gasteiger partial charge in [-0.3, -0.25) is 19.7 Å². The van der Waals surface area contributed by atoms with Gasteiger partial charge in [0.1, 0.15) is 0 Å². The lowest BCUT2D eigenvalue weighted by Gasteiger charge is -2.14. The van der Waals surface area contributed by atoms with Crippen LogP contribution in [0.15, 0.2) is 17.1 Å². The maximum Gasteiger partial charge on any atom is 0.335 e. The summed E-state index contributed by atoms with van der Waals surface area (Å²) in [6.45, 7) is 0.530. The number of rotatable bonds is 2. The number of carbonyl (C=O) groups excluding carboxylic acids is 1. The van der Waals surface area contributed by atoms with Crippen molar-refractivity contribution in [2.24, 2.45) is 0 Å². The first-order valence-corrected chi connectivity index (χ1v) is 4.77. The fourth-order valence-corrected chi connectivity index (χ4v) is 1.67. The van der Waals surface area contributed by atoms with E-state index in [1.165, 1.54) is 11.1 Å². The highest BCUT2D eigenvalue weighted by Gasteiger charge is 2.24. The lowest BCUT2D eigenvalue weighted by molar-refractivity contribution is -0.386. The van der Waals surface area contributed by atoms with Crippen molar-refractivity contribution in [1.29, 1.82) is 0 Å². The Balaban J connectivity index is 2.43. The van der Waals surface area contributed by atoms with Crippen molar-refractivity contribution < 1.29 is 9.72 Å². The SMILES string of the molecule is O=C1CCCN1c1c[nH]c(=O)c([N+](=O)[O-])c1. The van der Waals surface area contributed by atoms with Crippen molar-refractivity contribution >= 4 is 17.3 Å². The maximum absolute atomic E-state index is 11.4. The monoisotopic (exact) mass is 223 g/mol. The zero-order chi connectivity index (χ0) is 11.7. The normalized spacial score (nSPS) is 15.5. The first kappa shape index (κ1) is 10.3. The third-order valence-electron chi connectivity index (χ3n) is 2.45. The van der Waals surface area contributed by atoms with E-state index in [1.807, 2.05) is 0 Å². The molecule has 1 N–H and O–H groups in total. The molecule has 0 aromatic carbocycles. The molecule has 16 heavy (non-hydrogen) atoms. The minimum Gasteiger partial charge on any atom is -0.321 e. The van der Waals surface area contributed by atoms with Crippen LogP contribution in [0, 0.1) is 10.1 Å². The topological polar surface area (TPSA) is 96.3 Å². The van der Waals surface area contributed by atoms with E-state index in [4.69, 9.17) is 0 Å². The average Bonchev–Trinajstić information content (AvgIpc) is 2.65. The summed E-state index contributed by atoms with van der Waals surface area (Å²) in [6, 6.07) is 1.13. The molecule has 2 rings (SSSR count). The van der Waals surface area contributed by atoms with Crippen LogP contribution in [0.25, 0.3) is 0 Å². The Morgan fingerprint density at radius 3 is 2.75 bits per heavy atom. The van der Waals surface area contributed by atoms with Crippen LogP contribution in [0.2, 0.25) is 0 Å². The number of nitrogens with zero attached hydrogens (tertiary/aromatic N) is 2. The Bertz CT molecular complexity index is 508. The fourth-order valence-electron chi connectivity index (χ4n) is 1.67. The van der Waals surface area contributed by atoms with Gasteiger partial charge >= 0.3 is 11.2 Å². The van der Waals surface area contributed by atoms with E-state index in [0.717, 1.165) is 12.5 Å². The number of nitro groups is 1. The summed E-state index contributed by atoms with van der Waals surface area (Å²) in [4.78, 5) is 36.0. The van der Waals surface area contributed by atoms with Crippen LogP contribution in [0.1, 0.15) is 12.8 Å². The molecule has 1 aromatic heterocycles. The zero-order valence-electron chi connectivity index (χ0n) is 8.30. The maximum atomic E-state index is 11.4. The average molecular weight is 223 g/mol. The molecule has 1 saturated heterocycles. The number of amides is 1. The fraction of sp³-hybridized carbons (Fsp3) is 0.333. The summed E-state index contributed by atoms with van der Waals surface area (Å²) in [5.74, 6) is -0.0821. The molecule has 0 aliphatic carbocycles. The number of hydrogen-bond donors (Lipinski definition) is 1. The van der Waals surface area contributed by atoms with E-state index in [2.05, 4.69) is 4.98 Å². The zero-order valence-corrected chi connectivity index (χ0v) is 8.30. The molecular weight excluding hydrogens is 214 g/mol. The predicted octanol–water partition coefficient (Wildman–Crippen LogP) is 0.410. The van der Waals surface area contributed by atoms with Gasteiger partial charge in [0.2, 0.25) is 5.91 Å². The molecule has 0 spiro atoms. The molecule has 7 nitrogen and oxygen atoms in total. The second-order valence-corrected chi connectivity index (χ2v) is 3.48. The summed E-state index contributed by atoms with van der Waals surface area (Å²) in [5.41, 5.74) is -0.939. The van der Waals surface area contributed by atoms with Crippen LogP contribution in [0.5, 0.6) is 0 Å². The number of pyridine rings is 1. The highest BCUT2D eigenvalue weighted by molar-refractivity contribution is 5.95. The molecule has 2 heterocycles. The third-order valence-corrected chi connectivity index (χ3v) is 2.45. The van der Waals surface area contributed by atoms with Crippen LogP contribution in [-0.4, -0.2) is 22.4 Å². The van der Waals surface area contributed by atoms with Gasteiger partial charge in [-0.1, -0.05) is 0 Å². The molecule has 1 aliphatic rings. The van der Waals surface area contributed by atoms with E-state index < -0.39 is 16.2 Å². The van der Waals surface area contributed by atoms with Crippen LogP contribution in [0.4, 0.5) is 11.4 Å². The lowest BCUT2D eigenvalue weighted by atomic mass is 10.3. The molecule has 0 atom stereocenters. The van der Waals surface area contributed by atoms with E-state index in [9.17, 15) is 19.7 Å². The molecular formula is C9H9N3O4. The summed E-state index contributed by atoms with van der Waals surface area (Å²) >= 11 is 0. The Kier molecular flexibility index (Phi) is 2.43. The van der Waals surface area contributed by atoms with Gasteiger partial charge in [-0.2, -0.15) is 0 Å². The Labute approximate surface area is 89.8 Å².